The highest BCUT2D eigenvalue weighted by atomic mass is 19.1. The monoisotopic (exact) mass is 451 g/mol. The molecule has 4 aromatic rings. The summed E-state index contributed by atoms with van der Waals surface area (Å²) in [4.78, 5) is 30.7. The predicted octanol–water partition coefficient (Wildman–Crippen LogP) is 4.11. The highest BCUT2D eigenvalue weighted by molar-refractivity contribution is 5.92. The Bertz CT molecular complexity index is 1530. The van der Waals surface area contributed by atoms with Crippen molar-refractivity contribution < 1.29 is 23.1 Å². The minimum Gasteiger partial charge on any atom is -0.477 e. The fourth-order valence-corrected chi connectivity index (χ4v) is 4.15. The Morgan fingerprint density at radius 2 is 1.76 bits per heavy atom. The second-order valence-electron chi connectivity index (χ2n) is 7.99. The summed E-state index contributed by atoms with van der Waals surface area (Å²) in [6, 6.07) is 9.01. The normalized spacial score (nSPS) is 13.5. The molecule has 2 aromatic heterocycles. The highest BCUT2D eigenvalue weighted by Crippen LogP contribution is 2.30. The van der Waals surface area contributed by atoms with E-state index in [9.17, 15) is 23.5 Å². The Hall–Kier alpha value is -3.98. The predicted molar refractivity (Wildman–Crippen MR) is 115 cm³/mol. The van der Waals surface area contributed by atoms with Crippen LogP contribution in [-0.4, -0.2) is 32.6 Å². The number of carboxylic acids is 1. The van der Waals surface area contributed by atoms with Crippen LogP contribution in [0.25, 0.3) is 28.0 Å². The summed E-state index contributed by atoms with van der Waals surface area (Å²) in [6.07, 6.45) is 0.912. The van der Waals surface area contributed by atoms with Gasteiger partial charge in [-0.05, 0) is 42.4 Å². The molecule has 0 saturated carbocycles. The first-order valence-corrected chi connectivity index (χ1v) is 9.98. The van der Waals surface area contributed by atoms with Gasteiger partial charge in [-0.15, -0.1) is 0 Å². The molecule has 9 heteroatoms. The lowest BCUT2D eigenvalue weighted by Gasteiger charge is -2.14. The van der Waals surface area contributed by atoms with Crippen molar-refractivity contribution in [1.82, 2.24) is 14.5 Å². The topological polar surface area (TPSA) is 75.4 Å². The van der Waals surface area contributed by atoms with E-state index in [0.29, 0.717) is 18.2 Å². The van der Waals surface area contributed by atoms with Crippen molar-refractivity contribution in [3.63, 3.8) is 0 Å². The van der Waals surface area contributed by atoms with Gasteiger partial charge in [-0.25, -0.2) is 22.9 Å². The van der Waals surface area contributed by atoms with Crippen LogP contribution in [0.1, 0.15) is 21.5 Å². The number of halogens is 3. The first-order valence-electron chi connectivity index (χ1n) is 9.98. The molecule has 6 nitrogen and oxygen atoms in total. The average molecular weight is 451 g/mol. The van der Waals surface area contributed by atoms with Crippen LogP contribution in [0, 0.1) is 17.5 Å². The average Bonchev–Trinajstić information content (AvgIpc) is 3.13. The lowest BCUT2D eigenvalue weighted by Crippen LogP contribution is -2.20. The minimum atomic E-state index is -1.56. The third-order valence-corrected chi connectivity index (χ3v) is 5.69. The standard InChI is InChI=1S/C24H16F3N3O3/c1-29-9-13-3-2-12(6-14(13)10-29)21-19(27)8-16-22(31)17(24(32)33)11-30(23(16)28-21)20-5-4-15(25)7-18(20)26/h2-8,11H,9-10H2,1H3,(H,32,33). The molecular weight excluding hydrogens is 435 g/mol. The Labute approximate surface area is 185 Å². The van der Waals surface area contributed by atoms with Gasteiger partial charge in [0.05, 0.1) is 11.1 Å². The van der Waals surface area contributed by atoms with Gasteiger partial charge in [0.25, 0.3) is 0 Å². The Kier molecular flexibility index (Phi) is 4.79. The maximum Gasteiger partial charge on any atom is 0.341 e. The molecule has 0 saturated heterocycles. The van der Waals surface area contributed by atoms with E-state index < -0.39 is 34.4 Å². The summed E-state index contributed by atoms with van der Waals surface area (Å²) in [6.45, 7) is 1.45. The first kappa shape index (κ1) is 20.9. The molecule has 0 unspecified atom stereocenters. The Morgan fingerprint density at radius 1 is 1.00 bits per heavy atom. The molecule has 0 amide bonds. The summed E-state index contributed by atoms with van der Waals surface area (Å²) in [5, 5.41) is 9.10. The van der Waals surface area contributed by atoms with E-state index in [0.717, 1.165) is 46.6 Å². The number of rotatable bonds is 3. The molecular formula is C24H16F3N3O3. The van der Waals surface area contributed by atoms with Crippen LogP contribution < -0.4 is 5.43 Å². The van der Waals surface area contributed by atoms with Crippen LogP contribution in [0.5, 0.6) is 0 Å². The van der Waals surface area contributed by atoms with Crippen molar-refractivity contribution >= 4 is 17.0 Å². The molecule has 0 aliphatic carbocycles. The van der Waals surface area contributed by atoms with Crippen molar-refractivity contribution in [2.24, 2.45) is 0 Å². The SMILES string of the molecule is CN1Cc2ccc(-c3nc4c(cc3F)c(=O)c(C(=O)O)cn4-c3ccc(F)cc3F)cc2C1. The number of pyridine rings is 2. The third kappa shape index (κ3) is 3.46. The van der Waals surface area contributed by atoms with Crippen LogP contribution in [-0.2, 0) is 13.1 Å². The number of aromatic carboxylic acids is 1. The van der Waals surface area contributed by atoms with Crippen molar-refractivity contribution in [3.05, 3.63) is 93.0 Å². The molecule has 0 bridgehead atoms. The maximum absolute atomic E-state index is 15.1. The fourth-order valence-electron chi connectivity index (χ4n) is 4.15. The van der Waals surface area contributed by atoms with E-state index in [-0.39, 0.29) is 22.4 Å². The zero-order valence-electron chi connectivity index (χ0n) is 17.3. The van der Waals surface area contributed by atoms with Gasteiger partial charge < -0.3 is 5.11 Å². The van der Waals surface area contributed by atoms with Gasteiger partial charge in [-0.2, -0.15) is 0 Å². The van der Waals surface area contributed by atoms with E-state index in [1.165, 1.54) is 0 Å². The van der Waals surface area contributed by atoms with Gasteiger partial charge in [-0.1, -0.05) is 12.1 Å². The van der Waals surface area contributed by atoms with E-state index >= 15 is 4.39 Å². The molecule has 0 atom stereocenters. The molecule has 1 aliphatic rings. The summed E-state index contributed by atoms with van der Waals surface area (Å²) in [5.41, 5.74) is 0.487. The van der Waals surface area contributed by atoms with Gasteiger partial charge in [0.2, 0.25) is 5.43 Å². The number of aromatic nitrogens is 2. The number of benzene rings is 2. The second kappa shape index (κ2) is 7.56. The Balaban J connectivity index is 1.81. The van der Waals surface area contributed by atoms with Gasteiger partial charge >= 0.3 is 5.97 Å². The van der Waals surface area contributed by atoms with Gasteiger partial charge in [-0.3, -0.25) is 14.3 Å². The molecule has 33 heavy (non-hydrogen) atoms. The van der Waals surface area contributed by atoms with Crippen LogP contribution in [0.3, 0.4) is 0 Å². The van der Waals surface area contributed by atoms with E-state index in [4.69, 9.17) is 0 Å². The first-order chi connectivity index (χ1) is 15.7. The zero-order chi connectivity index (χ0) is 23.4. The van der Waals surface area contributed by atoms with Crippen LogP contribution in [0.15, 0.2) is 53.5 Å². The van der Waals surface area contributed by atoms with Crippen molar-refractivity contribution in [2.45, 2.75) is 13.1 Å². The molecule has 1 aliphatic heterocycles. The number of hydrogen-bond donors (Lipinski definition) is 1. The summed E-state index contributed by atoms with van der Waals surface area (Å²) >= 11 is 0. The highest BCUT2D eigenvalue weighted by Gasteiger charge is 2.22. The van der Waals surface area contributed by atoms with Gasteiger partial charge in [0.15, 0.2) is 0 Å². The second-order valence-corrected chi connectivity index (χ2v) is 7.99. The maximum atomic E-state index is 15.1. The van der Waals surface area contributed by atoms with E-state index in [2.05, 4.69) is 9.88 Å². The molecule has 0 radical (unpaired) electrons. The van der Waals surface area contributed by atoms with Crippen molar-refractivity contribution in [2.75, 3.05) is 7.05 Å². The van der Waals surface area contributed by atoms with Crippen molar-refractivity contribution in [1.29, 1.82) is 0 Å². The largest absolute Gasteiger partial charge is 0.477 e. The van der Waals surface area contributed by atoms with Gasteiger partial charge in [0, 0.05) is 30.9 Å². The number of carbonyl (C=O) groups is 1. The lowest BCUT2D eigenvalue weighted by molar-refractivity contribution is 0.0695. The van der Waals surface area contributed by atoms with Crippen molar-refractivity contribution in [3.8, 4) is 16.9 Å². The quantitative estimate of drug-likeness (QED) is 0.507. The lowest BCUT2D eigenvalue weighted by atomic mass is 10.0. The number of fused-ring (bicyclic) bond motifs is 2. The van der Waals surface area contributed by atoms with Crippen LogP contribution >= 0.6 is 0 Å². The number of hydrogen-bond acceptors (Lipinski definition) is 4. The third-order valence-electron chi connectivity index (χ3n) is 5.69. The summed E-state index contributed by atoms with van der Waals surface area (Å²) < 4.78 is 44.2. The fraction of sp³-hybridized carbons (Fsp3) is 0.125. The van der Waals surface area contributed by atoms with Crippen LogP contribution in [0.2, 0.25) is 0 Å². The number of carboxylic acid groups (broad SMARTS) is 1. The summed E-state index contributed by atoms with van der Waals surface area (Å²) in [5.74, 6) is -4.21. The molecule has 1 N–H and O–H groups in total. The summed E-state index contributed by atoms with van der Waals surface area (Å²) in [7, 11) is 1.96. The molecule has 0 fully saturated rings. The van der Waals surface area contributed by atoms with E-state index in [1.807, 2.05) is 19.2 Å². The molecule has 166 valence electrons. The molecule has 5 rings (SSSR count). The smallest absolute Gasteiger partial charge is 0.341 e. The van der Waals surface area contributed by atoms with Crippen LogP contribution in [0.4, 0.5) is 13.2 Å². The number of nitrogens with zero attached hydrogens (tertiary/aromatic N) is 3. The Morgan fingerprint density at radius 3 is 2.48 bits per heavy atom. The van der Waals surface area contributed by atoms with E-state index in [1.54, 1.807) is 6.07 Å². The molecule has 2 aromatic carbocycles. The zero-order valence-corrected chi connectivity index (χ0v) is 17.3. The molecule has 3 heterocycles. The van der Waals surface area contributed by atoms with Gasteiger partial charge in [0.1, 0.15) is 34.4 Å². The molecule has 0 spiro atoms. The minimum absolute atomic E-state index is 0.0707.